The lowest BCUT2D eigenvalue weighted by atomic mass is 10.0. The van der Waals surface area contributed by atoms with Crippen LogP contribution in [0.15, 0.2) is 16.5 Å². The van der Waals surface area contributed by atoms with Crippen molar-refractivity contribution < 1.29 is 4.42 Å². The molecule has 0 radical (unpaired) electrons. The highest BCUT2D eigenvalue weighted by Gasteiger charge is 2.17. The number of nitrogens with two attached hydrogens (primary N) is 1. The highest BCUT2D eigenvalue weighted by atomic mass is 16.3. The average Bonchev–Trinajstić information content (AvgIpc) is 2.91. The molecular weight excluding hydrogens is 210 g/mol. The van der Waals surface area contributed by atoms with Crippen LogP contribution in [0.1, 0.15) is 42.2 Å². The third-order valence-corrected chi connectivity index (χ3v) is 3.77. The third-order valence-electron chi connectivity index (χ3n) is 3.77. The molecule has 0 saturated carbocycles. The number of aryl methyl sites for hydroxylation is 3. The minimum atomic E-state index is 0.509. The molecule has 0 amide bonds. The third kappa shape index (κ3) is 1.67. The number of hydrogen-bond donors (Lipinski definition) is 1. The van der Waals surface area contributed by atoms with E-state index in [0.717, 1.165) is 24.2 Å². The van der Waals surface area contributed by atoms with Crippen LogP contribution in [0, 0.1) is 0 Å². The molecular formula is C15H19NO. The Labute approximate surface area is 102 Å². The molecule has 90 valence electrons. The maximum atomic E-state index is 5.90. The van der Waals surface area contributed by atoms with Gasteiger partial charge >= 0.3 is 0 Å². The fourth-order valence-corrected chi connectivity index (χ4v) is 2.96. The van der Waals surface area contributed by atoms with Crippen molar-refractivity contribution in [3.63, 3.8) is 0 Å². The van der Waals surface area contributed by atoms with E-state index in [9.17, 15) is 0 Å². The van der Waals surface area contributed by atoms with Gasteiger partial charge in [-0.3, -0.25) is 0 Å². The normalized spacial score (nSPS) is 14.5. The molecule has 17 heavy (non-hydrogen) atoms. The topological polar surface area (TPSA) is 39.2 Å². The first kappa shape index (κ1) is 10.8. The smallest absolute Gasteiger partial charge is 0.134 e. The van der Waals surface area contributed by atoms with E-state index in [1.54, 1.807) is 0 Å². The van der Waals surface area contributed by atoms with Gasteiger partial charge in [-0.1, -0.05) is 13.3 Å². The first-order valence-corrected chi connectivity index (χ1v) is 6.59. The van der Waals surface area contributed by atoms with E-state index < -0.39 is 0 Å². The fraction of sp³-hybridized carbons (Fsp3) is 0.467. The molecule has 2 heteroatoms. The van der Waals surface area contributed by atoms with Crippen LogP contribution in [0.5, 0.6) is 0 Å². The van der Waals surface area contributed by atoms with Gasteiger partial charge in [-0.05, 0) is 48.9 Å². The Morgan fingerprint density at radius 3 is 2.71 bits per heavy atom. The van der Waals surface area contributed by atoms with Crippen LogP contribution in [0.3, 0.4) is 0 Å². The molecule has 1 aliphatic carbocycles. The highest BCUT2D eigenvalue weighted by molar-refractivity contribution is 5.84. The summed E-state index contributed by atoms with van der Waals surface area (Å²) in [6.45, 7) is 2.71. The number of furan rings is 1. The molecule has 0 spiro atoms. The zero-order valence-electron chi connectivity index (χ0n) is 10.4. The van der Waals surface area contributed by atoms with E-state index in [1.165, 1.54) is 41.3 Å². The predicted octanol–water partition coefficient (Wildman–Crippen LogP) is 3.33. The van der Waals surface area contributed by atoms with Crippen LogP contribution in [0.4, 0.5) is 0 Å². The van der Waals surface area contributed by atoms with E-state index in [-0.39, 0.29) is 0 Å². The first-order chi connectivity index (χ1) is 8.33. The van der Waals surface area contributed by atoms with Crippen LogP contribution >= 0.6 is 0 Å². The van der Waals surface area contributed by atoms with Crippen LogP contribution in [0.25, 0.3) is 11.0 Å². The van der Waals surface area contributed by atoms with E-state index in [4.69, 9.17) is 10.2 Å². The van der Waals surface area contributed by atoms with Crippen molar-refractivity contribution in [2.24, 2.45) is 5.73 Å². The van der Waals surface area contributed by atoms with Crippen molar-refractivity contribution in [3.05, 3.63) is 34.6 Å². The maximum Gasteiger partial charge on any atom is 0.134 e. The van der Waals surface area contributed by atoms with Crippen LogP contribution in [-0.2, 0) is 25.8 Å². The number of benzene rings is 1. The Kier molecular flexibility index (Phi) is 2.67. The summed E-state index contributed by atoms with van der Waals surface area (Å²) in [5.74, 6) is 0.977. The Bertz CT molecular complexity index is 554. The molecule has 1 aromatic heterocycles. The minimum absolute atomic E-state index is 0.509. The van der Waals surface area contributed by atoms with E-state index in [0.29, 0.717) is 6.54 Å². The second-order valence-electron chi connectivity index (χ2n) is 4.93. The summed E-state index contributed by atoms with van der Waals surface area (Å²) in [6, 6.07) is 4.57. The van der Waals surface area contributed by atoms with Gasteiger partial charge in [0.15, 0.2) is 0 Å². The van der Waals surface area contributed by atoms with E-state index >= 15 is 0 Å². The molecule has 1 heterocycles. The molecule has 0 unspecified atom stereocenters. The summed E-state index contributed by atoms with van der Waals surface area (Å²) in [7, 11) is 0. The number of rotatable bonds is 3. The van der Waals surface area contributed by atoms with Gasteiger partial charge in [-0.25, -0.2) is 0 Å². The molecule has 1 aliphatic rings. The molecule has 3 rings (SSSR count). The molecule has 0 saturated heterocycles. The summed E-state index contributed by atoms with van der Waals surface area (Å²) in [5.41, 5.74) is 11.1. The summed E-state index contributed by atoms with van der Waals surface area (Å²) in [4.78, 5) is 0. The van der Waals surface area contributed by atoms with Crippen molar-refractivity contribution in [1.82, 2.24) is 0 Å². The van der Waals surface area contributed by atoms with Crippen LogP contribution in [0.2, 0.25) is 0 Å². The lowest BCUT2D eigenvalue weighted by molar-refractivity contribution is 0.544. The summed E-state index contributed by atoms with van der Waals surface area (Å²) < 4.78 is 5.90. The van der Waals surface area contributed by atoms with Crippen molar-refractivity contribution in [3.8, 4) is 0 Å². The Balaban J connectivity index is 2.21. The molecule has 0 aliphatic heterocycles. The van der Waals surface area contributed by atoms with E-state index in [1.807, 2.05) is 0 Å². The summed E-state index contributed by atoms with van der Waals surface area (Å²) in [6.07, 6.45) is 5.92. The first-order valence-electron chi connectivity index (χ1n) is 6.59. The van der Waals surface area contributed by atoms with Gasteiger partial charge in [-0.2, -0.15) is 0 Å². The quantitative estimate of drug-likeness (QED) is 0.876. The maximum absolute atomic E-state index is 5.90. The van der Waals surface area contributed by atoms with Gasteiger partial charge in [0.25, 0.3) is 0 Å². The largest absolute Gasteiger partial charge is 0.459 e. The second-order valence-corrected chi connectivity index (χ2v) is 4.93. The summed E-state index contributed by atoms with van der Waals surface area (Å²) in [5, 5.41) is 1.30. The SMILES string of the molecule is CCCc1c(CN)oc2cc3c(cc12)CCC3. The molecule has 1 aromatic carbocycles. The van der Waals surface area contributed by atoms with Crippen molar-refractivity contribution >= 4 is 11.0 Å². The average molecular weight is 229 g/mol. The van der Waals surface area contributed by atoms with Gasteiger partial charge < -0.3 is 10.2 Å². The number of hydrogen-bond acceptors (Lipinski definition) is 2. The molecule has 0 atom stereocenters. The molecule has 0 fully saturated rings. The zero-order chi connectivity index (χ0) is 11.8. The van der Waals surface area contributed by atoms with Crippen molar-refractivity contribution in [2.45, 2.75) is 45.6 Å². The summed E-state index contributed by atoms with van der Waals surface area (Å²) >= 11 is 0. The molecule has 2 aromatic rings. The predicted molar refractivity (Wildman–Crippen MR) is 70.1 cm³/mol. The monoisotopic (exact) mass is 229 g/mol. The van der Waals surface area contributed by atoms with Crippen molar-refractivity contribution in [2.75, 3.05) is 0 Å². The highest BCUT2D eigenvalue weighted by Crippen LogP contribution is 2.33. The Hall–Kier alpha value is -1.28. The van der Waals surface area contributed by atoms with Gasteiger partial charge in [0.1, 0.15) is 11.3 Å². The lowest BCUT2D eigenvalue weighted by Gasteiger charge is -2.00. The van der Waals surface area contributed by atoms with Gasteiger partial charge in [0, 0.05) is 10.9 Å². The molecule has 2 N–H and O–H groups in total. The standard InChI is InChI=1S/C15H19NO/c1-2-4-12-13-7-10-5-3-6-11(10)8-14(13)17-15(12)9-16/h7-8H,2-6,9,16H2,1H3. The van der Waals surface area contributed by atoms with Gasteiger partial charge in [0.2, 0.25) is 0 Å². The van der Waals surface area contributed by atoms with Crippen LogP contribution < -0.4 is 5.73 Å². The fourth-order valence-electron chi connectivity index (χ4n) is 2.96. The minimum Gasteiger partial charge on any atom is -0.459 e. The van der Waals surface area contributed by atoms with Gasteiger partial charge in [-0.15, -0.1) is 0 Å². The Morgan fingerprint density at radius 2 is 2.00 bits per heavy atom. The van der Waals surface area contributed by atoms with Gasteiger partial charge in [0.05, 0.1) is 6.54 Å². The van der Waals surface area contributed by atoms with Crippen LogP contribution in [-0.4, -0.2) is 0 Å². The number of fused-ring (bicyclic) bond motifs is 2. The Morgan fingerprint density at radius 1 is 1.24 bits per heavy atom. The van der Waals surface area contributed by atoms with E-state index in [2.05, 4.69) is 19.1 Å². The molecule has 2 nitrogen and oxygen atoms in total. The zero-order valence-corrected chi connectivity index (χ0v) is 10.4. The molecule has 0 bridgehead atoms. The van der Waals surface area contributed by atoms with Crippen molar-refractivity contribution in [1.29, 1.82) is 0 Å². The second kappa shape index (κ2) is 4.19. The lowest BCUT2D eigenvalue weighted by Crippen LogP contribution is -1.98.